The van der Waals surface area contributed by atoms with Crippen LogP contribution in [0.15, 0.2) is 170 Å². The van der Waals surface area contributed by atoms with Gasteiger partial charge in [-0.15, -0.1) is 0 Å². The van der Waals surface area contributed by atoms with E-state index in [9.17, 15) is 0 Å². The first kappa shape index (κ1) is 68.1. The van der Waals surface area contributed by atoms with Gasteiger partial charge in [-0.1, -0.05) is 123 Å². The van der Waals surface area contributed by atoms with E-state index < -0.39 is 0 Å². The van der Waals surface area contributed by atoms with Crippen molar-refractivity contribution in [2.75, 3.05) is 45.9 Å². The molecule has 12 nitrogen and oxygen atoms in total. The lowest BCUT2D eigenvalue weighted by Gasteiger charge is -2.37. The van der Waals surface area contributed by atoms with E-state index >= 15 is 0 Å². The maximum atomic E-state index is 6.12. The summed E-state index contributed by atoms with van der Waals surface area (Å²) < 4.78 is 23.8. The molecule has 4 aliphatic rings. The summed E-state index contributed by atoms with van der Waals surface area (Å²) in [5.74, 6) is 6.88. The van der Waals surface area contributed by atoms with Crippen LogP contribution in [0, 0.1) is 37.5 Å². The van der Waals surface area contributed by atoms with Crippen LogP contribution in [0.2, 0.25) is 0 Å². The van der Waals surface area contributed by atoms with Crippen molar-refractivity contribution in [3.05, 3.63) is 214 Å². The molecule has 0 saturated heterocycles. The van der Waals surface area contributed by atoms with Crippen LogP contribution in [0.1, 0.15) is 173 Å². The van der Waals surface area contributed by atoms with E-state index in [1.807, 2.05) is 60.7 Å². The third-order valence-electron chi connectivity index (χ3n) is 19.2. The second kappa shape index (κ2) is 33.8. The van der Waals surface area contributed by atoms with Gasteiger partial charge in [-0.05, 0) is 268 Å². The Hall–Kier alpha value is -8.32. The number of hydrogen-bond donors (Lipinski definition) is 8. The molecule has 4 fully saturated rings. The molecule has 92 heavy (non-hydrogen) atoms. The van der Waals surface area contributed by atoms with Crippen LogP contribution >= 0.6 is 0 Å². The molecule has 0 radical (unpaired) electrons. The minimum Gasteiger partial charge on any atom is -0.489 e. The maximum absolute atomic E-state index is 6.12. The van der Waals surface area contributed by atoms with Crippen LogP contribution in [-0.2, 0) is 35.9 Å². The van der Waals surface area contributed by atoms with Crippen molar-refractivity contribution in [3.8, 4) is 22.6 Å². The summed E-state index contributed by atoms with van der Waals surface area (Å²) in [7, 11) is 0. The average Bonchev–Trinajstić information content (AvgIpc) is 2.74. The molecule has 0 amide bonds. The third kappa shape index (κ3) is 21.9. The smallest absolute Gasteiger partial charge is 0.119 e. The highest BCUT2D eigenvalue weighted by Gasteiger charge is 2.30. The summed E-state index contributed by atoms with van der Waals surface area (Å²) in [6.07, 6.45) is 21.7. The molecular formula is C80H104N8O4. The van der Waals surface area contributed by atoms with Gasteiger partial charge in [0.1, 0.15) is 24.7 Å². The molecule has 0 aliphatic heterocycles. The number of hydrogen-bond acceptors (Lipinski definition) is 12. The van der Waals surface area contributed by atoms with Gasteiger partial charge in [0.15, 0.2) is 0 Å². The maximum Gasteiger partial charge on any atom is 0.119 e. The molecule has 0 bridgehead atoms. The zero-order valence-corrected chi connectivity index (χ0v) is 55.2. The molecule has 12 heteroatoms. The van der Waals surface area contributed by atoms with Gasteiger partial charge in [-0.25, -0.2) is 0 Å². The van der Waals surface area contributed by atoms with E-state index in [1.165, 1.54) is 123 Å². The third-order valence-corrected chi connectivity index (χ3v) is 19.2. The van der Waals surface area contributed by atoms with Crippen molar-refractivity contribution in [2.24, 2.45) is 23.7 Å². The Bertz CT molecular complexity index is 3430. The monoisotopic (exact) mass is 1240 g/mol. The first-order valence-electron chi connectivity index (χ1n) is 33.8. The minimum absolute atomic E-state index is 0.347. The summed E-state index contributed by atoms with van der Waals surface area (Å²) in [6, 6.07) is 56.5. The van der Waals surface area contributed by atoms with E-state index in [0.717, 1.165) is 81.6 Å². The van der Waals surface area contributed by atoms with Crippen molar-refractivity contribution >= 4 is 45.5 Å². The molecular weight excluding hydrogens is 1140 g/mol. The Morgan fingerprint density at radius 1 is 0.293 bits per heavy atom. The fraction of sp³-hybridized carbons (Fsp3) is 0.400. The predicted octanol–water partition coefficient (Wildman–Crippen LogP) is 18.3. The standard InChI is InChI=1S/C20H32N2O.2C20H26N2O.C20H20N2O/c4*1-14-2-4-16(5-3-14)17-6-8-20(9-7-17)23-13-15-10-18(21)12-19(22)11-15/h10-12,14,16-17,20H,2-9,13,21-22H2,1H3;6-12,14,16H,2-5,13,21-22H2,1H3;2-5,10-12,17,20H,6-9,13,21-22H2,1H3;2-12H,13,21-22H2,1H3. The number of benzene rings is 8. The van der Waals surface area contributed by atoms with E-state index in [4.69, 9.17) is 64.8 Å². The lowest BCUT2D eigenvalue weighted by atomic mass is 9.71. The molecule has 8 aromatic carbocycles. The van der Waals surface area contributed by atoms with Crippen LogP contribution in [0.4, 0.5) is 45.5 Å². The molecule has 4 aliphatic carbocycles. The van der Waals surface area contributed by atoms with E-state index in [0.29, 0.717) is 84.6 Å². The second-order valence-electron chi connectivity index (χ2n) is 27.1. The number of rotatable bonds is 16. The zero-order valence-electron chi connectivity index (χ0n) is 55.2. The van der Waals surface area contributed by atoms with Gasteiger partial charge in [-0.2, -0.15) is 0 Å². The first-order chi connectivity index (χ1) is 44.4. The van der Waals surface area contributed by atoms with Crippen LogP contribution in [0.25, 0.3) is 11.1 Å². The summed E-state index contributed by atoms with van der Waals surface area (Å²) in [4.78, 5) is 0. The predicted molar refractivity (Wildman–Crippen MR) is 386 cm³/mol. The largest absolute Gasteiger partial charge is 0.489 e. The number of anilines is 8. The molecule has 488 valence electrons. The quantitative estimate of drug-likeness (QED) is 0.0421. The number of aryl methyl sites for hydroxylation is 2. The van der Waals surface area contributed by atoms with Crippen LogP contribution < -0.4 is 55.3 Å². The Balaban J connectivity index is 0.000000145. The topological polar surface area (TPSA) is 245 Å². The van der Waals surface area contributed by atoms with Crippen LogP contribution in [-0.4, -0.2) is 12.2 Å². The Morgan fingerprint density at radius 3 is 0.913 bits per heavy atom. The zero-order chi connectivity index (χ0) is 64.9. The first-order valence-corrected chi connectivity index (χ1v) is 33.8. The highest BCUT2D eigenvalue weighted by atomic mass is 16.5. The molecule has 12 rings (SSSR count). The number of nitrogens with two attached hydrogens (primary N) is 8. The molecule has 0 aromatic heterocycles. The van der Waals surface area contributed by atoms with Crippen molar-refractivity contribution in [2.45, 2.75) is 181 Å². The fourth-order valence-electron chi connectivity index (χ4n) is 13.9. The second-order valence-corrected chi connectivity index (χ2v) is 27.1. The highest BCUT2D eigenvalue weighted by molar-refractivity contribution is 5.64. The van der Waals surface area contributed by atoms with Gasteiger partial charge < -0.3 is 64.8 Å². The highest BCUT2D eigenvalue weighted by Crippen LogP contribution is 2.41. The summed E-state index contributed by atoms with van der Waals surface area (Å²) in [6.45, 7) is 11.1. The molecule has 16 N–H and O–H groups in total. The number of nitrogen functional groups attached to an aromatic ring is 8. The lowest BCUT2D eigenvalue weighted by Crippen LogP contribution is -2.28. The van der Waals surface area contributed by atoms with E-state index in [1.54, 1.807) is 24.3 Å². The Labute approximate surface area is 549 Å². The molecule has 4 saturated carbocycles. The van der Waals surface area contributed by atoms with Crippen LogP contribution in [0.5, 0.6) is 11.5 Å². The SMILES string of the molecule is CC1CCC(C2CCC(OCc3cc(N)cc(N)c3)CC2)CC1.CC1CCC(c2ccc(OCc3cc(N)cc(N)c3)cc2)CC1.Cc1ccc(-c2ccc(OCc3cc(N)cc(N)c3)cc2)cc1.Cc1ccc(C2CCC(OCc3cc(N)cc(N)c3)CC2)cc1. The Morgan fingerprint density at radius 2 is 0.554 bits per heavy atom. The minimum atomic E-state index is 0.347. The molecule has 0 spiro atoms. The van der Waals surface area contributed by atoms with Gasteiger partial charge in [0.05, 0.1) is 25.4 Å². The lowest BCUT2D eigenvalue weighted by molar-refractivity contribution is -0.00251. The van der Waals surface area contributed by atoms with Gasteiger partial charge in [-0.3, -0.25) is 0 Å². The van der Waals surface area contributed by atoms with Gasteiger partial charge in [0.2, 0.25) is 0 Å². The molecule has 8 aromatic rings. The van der Waals surface area contributed by atoms with E-state index in [-0.39, 0.29) is 0 Å². The average molecular weight is 1240 g/mol. The summed E-state index contributed by atoms with van der Waals surface area (Å²) in [5, 5.41) is 0. The van der Waals surface area contributed by atoms with Gasteiger partial charge >= 0.3 is 0 Å². The van der Waals surface area contributed by atoms with Crippen LogP contribution in [0.3, 0.4) is 0 Å². The molecule has 0 unspecified atom stereocenters. The Kier molecular flexibility index (Phi) is 25.0. The van der Waals surface area contributed by atoms with Crippen molar-refractivity contribution in [1.82, 2.24) is 0 Å². The van der Waals surface area contributed by atoms with Gasteiger partial charge in [0, 0.05) is 45.5 Å². The van der Waals surface area contributed by atoms with Gasteiger partial charge in [0.25, 0.3) is 0 Å². The van der Waals surface area contributed by atoms with E-state index in [2.05, 4.69) is 113 Å². The van der Waals surface area contributed by atoms with Crippen molar-refractivity contribution < 1.29 is 18.9 Å². The normalized spacial score (nSPS) is 21.2. The fourth-order valence-corrected chi connectivity index (χ4v) is 13.9. The van der Waals surface area contributed by atoms with Crippen molar-refractivity contribution in [3.63, 3.8) is 0 Å². The van der Waals surface area contributed by atoms with Crippen molar-refractivity contribution in [1.29, 1.82) is 0 Å². The summed E-state index contributed by atoms with van der Waals surface area (Å²) in [5.41, 5.74) is 64.0. The summed E-state index contributed by atoms with van der Waals surface area (Å²) >= 11 is 0. The molecule has 0 atom stereocenters. The molecule has 0 heterocycles. The number of ether oxygens (including phenoxy) is 4.